The van der Waals surface area contributed by atoms with Crippen LogP contribution in [-0.2, 0) is 11.2 Å². The average Bonchev–Trinajstić information content (AvgIpc) is 3.23. The maximum atomic E-state index is 13.1. The molecule has 1 unspecified atom stereocenters. The molecule has 1 atom stereocenters. The molecule has 4 rings (SSSR count). The van der Waals surface area contributed by atoms with Gasteiger partial charge in [-0.05, 0) is 54.8 Å². The molecule has 0 saturated heterocycles. The van der Waals surface area contributed by atoms with E-state index < -0.39 is 0 Å². The van der Waals surface area contributed by atoms with Gasteiger partial charge in [0.15, 0.2) is 0 Å². The van der Waals surface area contributed by atoms with Crippen LogP contribution in [0.3, 0.4) is 0 Å². The molecule has 2 N–H and O–H groups in total. The first-order valence-electron chi connectivity index (χ1n) is 10.3. The van der Waals surface area contributed by atoms with Gasteiger partial charge in [-0.25, -0.2) is 0 Å². The minimum Gasteiger partial charge on any atom is -0.497 e. The number of ether oxygens (including phenoxy) is 2. The molecule has 0 aliphatic carbocycles. The van der Waals surface area contributed by atoms with Crippen LogP contribution in [0.1, 0.15) is 21.6 Å². The quantitative estimate of drug-likeness (QED) is 0.642. The van der Waals surface area contributed by atoms with Crippen molar-refractivity contribution >= 4 is 17.5 Å². The molecule has 166 valence electrons. The summed E-state index contributed by atoms with van der Waals surface area (Å²) in [5.41, 5.74) is 4.39. The van der Waals surface area contributed by atoms with Crippen LogP contribution in [0.5, 0.6) is 11.5 Å². The Bertz CT molecular complexity index is 1170. The van der Waals surface area contributed by atoms with E-state index in [1.165, 1.54) is 4.90 Å². The first-order chi connectivity index (χ1) is 15.4. The fourth-order valence-corrected chi connectivity index (χ4v) is 3.79. The lowest BCUT2D eigenvalue weighted by molar-refractivity contribution is -0.121. The van der Waals surface area contributed by atoms with Crippen LogP contribution in [0.2, 0.25) is 0 Å². The Morgan fingerprint density at radius 2 is 2.03 bits per heavy atom. The van der Waals surface area contributed by atoms with Gasteiger partial charge in [0.05, 0.1) is 30.0 Å². The lowest BCUT2D eigenvalue weighted by Crippen LogP contribution is -2.33. The van der Waals surface area contributed by atoms with Crippen molar-refractivity contribution in [2.45, 2.75) is 13.3 Å². The molecular formula is C24H26N4O4. The van der Waals surface area contributed by atoms with Gasteiger partial charge in [0.1, 0.15) is 18.1 Å². The van der Waals surface area contributed by atoms with Crippen molar-refractivity contribution in [3.8, 4) is 22.6 Å². The summed E-state index contributed by atoms with van der Waals surface area (Å²) in [5, 5.41) is 9.93. The molecule has 0 fully saturated rings. The largest absolute Gasteiger partial charge is 0.497 e. The second-order valence-corrected chi connectivity index (χ2v) is 8.02. The second kappa shape index (κ2) is 8.74. The number of carbonyl (C=O) groups is 2. The van der Waals surface area contributed by atoms with Crippen molar-refractivity contribution in [1.82, 2.24) is 15.1 Å². The van der Waals surface area contributed by atoms with Crippen molar-refractivity contribution in [2.24, 2.45) is 5.92 Å². The van der Waals surface area contributed by atoms with E-state index in [0.717, 1.165) is 33.9 Å². The van der Waals surface area contributed by atoms with Crippen molar-refractivity contribution in [3.05, 3.63) is 59.4 Å². The molecule has 2 aromatic carbocycles. The molecule has 1 aromatic heterocycles. The first-order valence-corrected chi connectivity index (χ1v) is 10.3. The number of fused-ring (bicyclic) bond motifs is 1. The number of carbonyl (C=O) groups excluding carboxylic acids is 2. The molecule has 32 heavy (non-hydrogen) atoms. The fraction of sp³-hybridized carbons (Fsp3) is 0.292. The number of nitrogens with zero attached hydrogens (tertiary/aromatic N) is 2. The summed E-state index contributed by atoms with van der Waals surface area (Å²) in [5.74, 6) is 0.708. The van der Waals surface area contributed by atoms with E-state index in [4.69, 9.17) is 9.47 Å². The van der Waals surface area contributed by atoms with E-state index in [1.807, 2.05) is 31.2 Å². The zero-order chi connectivity index (χ0) is 22.8. The monoisotopic (exact) mass is 434 g/mol. The van der Waals surface area contributed by atoms with Gasteiger partial charge in [0.25, 0.3) is 5.91 Å². The molecule has 8 heteroatoms. The third kappa shape index (κ3) is 4.16. The Hall–Kier alpha value is -3.81. The van der Waals surface area contributed by atoms with E-state index in [9.17, 15) is 9.59 Å². The molecule has 2 heterocycles. The molecule has 2 amide bonds. The normalized spacial score (nSPS) is 14.8. The minimum atomic E-state index is -0.382. The van der Waals surface area contributed by atoms with Crippen LogP contribution < -0.4 is 14.8 Å². The number of aromatic amines is 1. The number of amides is 2. The van der Waals surface area contributed by atoms with Gasteiger partial charge >= 0.3 is 0 Å². The number of hydrogen-bond acceptors (Lipinski definition) is 5. The molecule has 0 bridgehead atoms. The highest BCUT2D eigenvalue weighted by Gasteiger charge is 2.28. The third-order valence-electron chi connectivity index (χ3n) is 5.60. The molecule has 0 radical (unpaired) electrons. The summed E-state index contributed by atoms with van der Waals surface area (Å²) < 4.78 is 11.1. The van der Waals surface area contributed by atoms with Crippen LogP contribution in [0.25, 0.3) is 11.1 Å². The average molecular weight is 434 g/mol. The topological polar surface area (TPSA) is 96.5 Å². The lowest BCUT2D eigenvalue weighted by atomic mass is 9.95. The highest BCUT2D eigenvalue weighted by Crippen LogP contribution is 2.32. The molecule has 0 spiro atoms. The van der Waals surface area contributed by atoms with E-state index >= 15 is 0 Å². The minimum absolute atomic E-state index is 0.196. The van der Waals surface area contributed by atoms with Gasteiger partial charge in [-0.2, -0.15) is 5.10 Å². The highest BCUT2D eigenvalue weighted by atomic mass is 16.5. The van der Waals surface area contributed by atoms with Crippen molar-refractivity contribution in [2.75, 3.05) is 33.1 Å². The van der Waals surface area contributed by atoms with E-state index in [1.54, 1.807) is 39.5 Å². The van der Waals surface area contributed by atoms with E-state index in [0.29, 0.717) is 17.7 Å². The summed E-state index contributed by atoms with van der Waals surface area (Å²) in [6.07, 6.45) is 2.32. The SMILES string of the molecule is COc1ccc2c(c1)CC(C(=O)Nc1ccc(-c3c[nH]nc3C)cc1C(=O)N(C)C)CO2. The van der Waals surface area contributed by atoms with Crippen molar-refractivity contribution < 1.29 is 19.1 Å². The number of rotatable bonds is 5. The van der Waals surface area contributed by atoms with Crippen LogP contribution >= 0.6 is 0 Å². The maximum Gasteiger partial charge on any atom is 0.255 e. The summed E-state index contributed by atoms with van der Waals surface area (Å²) >= 11 is 0. The molecule has 3 aromatic rings. The molecule has 0 saturated carbocycles. The summed E-state index contributed by atoms with van der Waals surface area (Å²) in [6.45, 7) is 2.17. The predicted molar refractivity (Wildman–Crippen MR) is 121 cm³/mol. The van der Waals surface area contributed by atoms with Crippen LogP contribution in [0, 0.1) is 12.8 Å². The number of benzene rings is 2. The van der Waals surface area contributed by atoms with Crippen LogP contribution in [0.15, 0.2) is 42.6 Å². The number of methoxy groups -OCH3 is 1. The van der Waals surface area contributed by atoms with Crippen molar-refractivity contribution in [1.29, 1.82) is 0 Å². The summed E-state index contributed by atoms with van der Waals surface area (Å²) in [4.78, 5) is 27.4. The lowest BCUT2D eigenvalue weighted by Gasteiger charge is -2.25. The van der Waals surface area contributed by atoms with Gasteiger partial charge in [-0.15, -0.1) is 0 Å². The molecule has 1 aliphatic heterocycles. The zero-order valence-corrected chi connectivity index (χ0v) is 18.6. The summed E-state index contributed by atoms with van der Waals surface area (Å²) in [7, 11) is 4.97. The number of nitrogens with one attached hydrogen (secondary N) is 2. The Morgan fingerprint density at radius 1 is 1.22 bits per heavy atom. The number of aryl methyl sites for hydroxylation is 1. The Morgan fingerprint density at radius 3 is 2.72 bits per heavy atom. The Kier molecular flexibility index (Phi) is 5.85. The standard InChI is InChI=1S/C24H26N4O4/c1-14-20(12-25-27-14)15-5-7-21(19(11-15)24(30)28(2)3)26-23(29)17-9-16-10-18(31-4)6-8-22(16)32-13-17/h5-8,10-12,17H,9,13H2,1-4H3,(H,25,27)(H,26,29). The number of H-pyrrole nitrogens is 1. The first kappa shape index (κ1) is 21.4. The Labute approximate surface area is 186 Å². The zero-order valence-electron chi connectivity index (χ0n) is 18.6. The van der Waals surface area contributed by atoms with Crippen LogP contribution in [0.4, 0.5) is 5.69 Å². The van der Waals surface area contributed by atoms with Gasteiger partial charge in [-0.1, -0.05) is 6.07 Å². The number of hydrogen-bond donors (Lipinski definition) is 2. The van der Waals surface area contributed by atoms with E-state index in [-0.39, 0.29) is 24.3 Å². The maximum absolute atomic E-state index is 13.1. The fourth-order valence-electron chi connectivity index (χ4n) is 3.79. The highest BCUT2D eigenvalue weighted by molar-refractivity contribution is 6.05. The molecule has 1 aliphatic rings. The van der Waals surface area contributed by atoms with Crippen molar-refractivity contribution in [3.63, 3.8) is 0 Å². The molecule has 8 nitrogen and oxygen atoms in total. The second-order valence-electron chi connectivity index (χ2n) is 8.02. The van der Waals surface area contributed by atoms with Gasteiger partial charge in [-0.3, -0.25) is 14.7 Å². The smallest absolute Gasteiger partial charge is 0.255 e. The predicted octanol–water partition coefficient (Wildman–Crippen LogP) is 3.29. The van der Waals surface area contributed by atoms with Gasteiger partial charge in [0.2, 0.25) is 5.91 Å². The molecular weight excluding hydrogens is 408 g/mol. The number of anilines is 1. The number of aromatic nitrogens is 2. The van der Waals surface area contributed by atoms with Crippen LogP contribution in [-0.4, -0.2) is 54.7 Å². The summed E-state index contributed by atoms with van der Waals surface area (Å²) in [6, 6.07) is 11.0. The van der Waals surface area contributed by atoms with Gasteiger partial charge in [0, 0.05) is 25.9 Å². The Balaban J connectivity index is 1.59. The van der Waals surface area contributed by atoms with E-state index in [2.05, 4.69) is 15.5 Å². The van der Waals surface area contributed by atoms with Gasteiger partial charge < -0.3 is 19.7 Å². The third-order valence-corrected chi connectivity index (χ3v) is 5.60.